The van der Waals surface area contributed by atoms with Gasteiger partial charge in [0.2, 0.25) is 0 Å². The molecule has 4 rings (SSSR count). The van der Waals surface area contributed by atoms with Crippen molar-refractivity contribution in [3.63, 3.8) is 0 Å². The monoisotopic (exact) mass is 374 g/mol. The predicted molar refractivity (Wildman–Crippen MR) is 97.2 cm³/mol. The van der Waals surface area contributed by atoms with Crippen molar-refractivity contribution in [1.82, 2.24) is 19.7 Å². The Hall–Kier alpha value is -2.41. The summed E-state index contributed by atoms with van der Waals surface area (Å²) in [4.78, 5) is 6.48. The quantitative estimate of drug-likeness (QED) is 0.683. The predicted octanol–water partition coefficient (Wildman–Crippen LogP) is 4.37. The molecule has 0 saturated carbocycles. The van der Waals surface area contributed by atoms with E-state index >= 15 is 0 Å². The van der Waals surface area contributed by atoms with Gasteiger partial charge in [-0.05, 0) is 49.7 Å². The topological polar surface area (TPSA) is 34.0 Å². The van der Waals surface area contributed by atoms with Crippen LogP contribution < -0.4 is 0 Å². The maximum Gasteiger partial charge on any atom is 0.416 e. The van der Waals surface area contributed by atoms with Gasteiger partial charge in [-0.3, -0.25) is 9.58 Å². The highest BCUT2D eigenvalue weighted by atomic mass is 19.4. The summed E-state index contributed by atoms with van der Waals surface area (Å²) >= 11 is 0. The van der Waals surface area contributed by atoms with Crippen molar-refractivity contribution in [2.45, 2.75) is 31.5 Å². The molecule has 0 radical (unpaired) electrons. The second-order valence-corrected chi connectivity index (χ2v) is 7.09. The van der Waals surface area contributed by atoms with Gasteiger partial charge in [0.05, 0.1) is 11.3 Å². The van der Waals surface area contributed by atoms with Crippen molar-refractivity contribution >= 4 is 11.0 Å². The van der Waals surface area contributed by atoms with E-state index in [4.69, 9.17) is 0 Å². The molecule has 1 fully saturated rings. The van der Waals surface area contributed by atoms with Gasteiger partial charge in [0.25, 0.3) is 0 Å². The lowest BCUT2D eigenvalue weighted by molar-refractivity contribution is -0.138. The number of aryl methyl sites for hydroxylation is 1. The molecule has 27 heavy (non-hydrogen) atoms. The molecule has 3 aromatic rings. The highest BCUT2D eigenvalue weighted by Crippen LogP contribution is 2.35. The largest absolute Gasteiger partial charge is 0.416 e. The van der Waals surface area contributed by atoms with Crippen LogP contribution in [-0.4, -0.2) is 32.8 Å². The number of piperidine rings is 1. The van der Waals surface area contributed by atoms with Gasteiger partial charge in [-0.1, -0.05) is 18.2 Å². The molecule has 1 aromatic carbocycles. The van der Waals surface area contributed by atoms with Gasteiger partial charge in [-0.2, -0.15) is 18.3 Å². The minimum absolute atomic E-state index is 0.312. The molecule has 1 saturated heterocycles. The number of likely N-dealkylation sites (tertiary alicyclic amines) is 1. The minimum atomic E-state index is -4.31. The molecule has 7 heteroatoms. The molecule has 1 aliphatic heterocycles. The highest BCUT2D eigenvalue weighted by Gasteiger charge is 2.33. The number of aromatic nitrogens is 3. The van der Waals surface area contributed by atoms with Crippen LogP contribution in [0, 0.1) is 0 Å². The van der Waals surface area contributed by atoms with Gasteiger partial charge in [0.15, 0.2) is 5.65 Å². The normalized spacial score (nSPS) is 16.9. The van der Waals surface area contributed by atoms with E-state index < -0.39 is 11.7 Å². The number of nitrogens with zero attached hydrogens (tertiary/aromatic N) is 4. The highest BCUT2D eigenvalue weighted by molar-refractivity contribution is 5.78. The van der Waals surface area contributed by atoms with E-state index in [-0.39, 0.29) is 0 Å². The zero-order valence-corrected chi connectivity index (χ0v) is 15.1. The Kier molecular flexibility index (Phi) is 4.63. The molecule has 0 bridgehead atoms. The van der Waals surface area contributed by atoms with Crippen LogP contribution in [0.3, 0.4) is 0 Å². The molecule has 0 unspecified atom stereocenters. The molecule has 0 atom stereocenters. The third-order valence-corrected chi connectivity index (χ3v) is 5.32. The average molecular weight is 374 g/mol. The summed E-state index contributed by atoms with van der Waals surface area (Å²) in [5.41, 5.74) is 1.73. The molecule has 0 amide bonds. The maximum absolute atomic E-state index is 13.2. The summed E-state index contributed by atoms with van der Waals surface area (Å²) in [5, 5.41) is 5.73. The van der Waals surface area contributed by atoms with Crippen LogP contribution in [-0.2, 0) is 19.8 Å². The van der Waals surface area contributed by atoms with Gasteiger partial charge >= 0.3 is 6.18 Å². The average Bonchev–Trinajstić information content (AvgIpc) is 2.99. The van der Waals surface area contributed by atoms with Crippen molar-refractivity contribution in [2.24, 2.45) is 7.05 Å². The molecule has 0 N–H and O–H groups in total. The zero-order valence-electron chi connectivity index (χ0n) is 15.1. The van der Waals surface area contributed by atoms with Crippen molar-refractivity contribution in [1.29, 1.82) is 0 Å². The zero-order chi connectivity index (χ0) is 19.0. The first kappa shape index (κ1) is 18.0. The number of hydrogen-bond donors (Lipinski definition) is 0. The van der Waals surface area contributed by atoms with E-state index in [2.05, 4.69) is 15.0 Å². The lowest BCUT2D eigenvalue weighted by Gasteiger charge is -2.32. The second-order valence-electron chi connectivity index (χ2n) is 7.09. The van der Waals surface area contributed by atoms with Crippen LogP contribution in [0.5, 0.6) is 0 Å². The van der Waals surface area contributed by atoms with Crippen molar-refractivity contribution < 1.29 is 13.2 Å². The summed E-state index contributed by atoms with van der Waals surface area (Å²) in [5.74, 6) is 0.312. The Bertz CT molecular complexity index is 940. The first-order valence-corrected chi connectivity index (χ1v) is 9.08. The molecule has 0 spiro atoms. The molecule has 3 heterocycles. The van der Waals surface area contributed by atoms with Gasteiger partial charge in [-0.25, -0.2) is 4.98 Å². The fraction of sp³-hybridized carbons (Fsp3) is 0.400. The maximum atomic E-state index is 13.2. The number of hydrogen-bond acceptors (Lipinski definition) is 3. The van der Waals surface area contributed by atoms with E-state index in [0.717, 1.165) is 48.7 Å². The standard InChI is InChI=1S/C20H21F3N4/c1-26-19-16(6-4-10-24-19)18(25-26)14-8-11-27(12-9-14)13-15-5-2-3-7-17(15)20(21,22)23/h2-7,10,14H,8-9,11-13H2,1H3. The van der Waals surface area contributed by atoms with E-state index in [9.17, 15) is 13.2 Å². The Morgan fingerprint density at radius 2 is 1.81 bits per heavy atom. The summed E-state index contributed by atoms with van der Waals surface area (Å²) < 4.78 is 41.4. The fourth-order valence-electron chi connectivity index (χ4n) is 3.96. The van der Waals surface area contributed by atoms with Crippen molar-refractivity contribution in [3.05, 3.63) is 59.4 Å². The van der Waals surface area contributed by atoms with E-state index in [1.807, 2.05) is 19.2 Å². The molecule has 0 aliphatic carbocycles. The van der Waals surface area contributed by atoms with Crippen molar-refractivity contribution in [3.8, 4) is 0 Å². The second kappa shape index (κ2) is 6.96. The smallest absolute Gasteiger partial charge is 0.299 e. The van der Waals surface area contributed by atoms with Gasteiger partial charge < -0.3 is 0 Å². The van der Waals surface area contributed by atoms with Crippen LogP contribution in [0.4, 0.5) is 13.2 Å². The number of pyridine rings is 1. The molecule has 1 aliphatic rings. The molecule has 2 aromatic heterocycles. The summed E-state index contributed by atoms with van der Waals surface area (Å²) in [6.45, 7) is 1.84. The summed E-state index contributed by atoms with van der Waals surface area (Å²) in [6.07, 6.45) is -0.784. The van der Waals surface area contributed by atoms with Crippen molar-refractivity contribution in [2.75, 3.05) is 13.1 Å². The first-order valence-electron chi connectivity index (χ1n) is 9.08. The van der Waals surface area contributed by atoms with E-state index in [1.54, 1.807) is 23.0 Å². The van der Waals surface area contributed by atoms with E-state index in [1.165, 1.54) is 6.07 Å². The third-order valence-electron chi connectivity index (χ3n) is 5.32. The molecular formula is C20H21F3N4. The van der Waals surface area contributed by atoms with Gasteiger partial charge in [0, 0.05) is 31.1 Å². The Morgan fingerprint density at radius 1 is 1.07 bits per heavy atom. The van der Waals surface area contributed by atoms with Crippen LogP contribution >= 0.6 is 0 Å². The minimum Gasteiger partial charge on any atom is -0.299 e. The SMILES string of the molecule is Cn1nc(C2CCN(Cc3ccccc3C(F)(F)F)CC2)c2cccnc21. The first-order chi connectivity index (χ1) is 12.9. The lowest BCUT2D eigenvalue weighted by Crippen LogP contribution is -2.33. The van der Waals surface area contributed by atoms with Gasteiger partial charge in [-0.15, -0.1) is 0 Å². The third kappa shape index (κ3) is 3.56. The van der Waals surface area contributed by atoms with E-state index in [0.29, 0.717) is 18.0 Å². The van der Waals surface area contributed by atoms with Crippen LogP contribution in [0.2, 0.25) is 0 Å². The Balaban J connectivity index is 1.47. The fourth-order valence-corrected chi connectivity index (χ4v) is 3.96. The van der Waals surface area contributed by atoms with Crippen LogP contribution in [0.1, 0.15) is 35.6 Å². The summed E-state index contributed by atoms with van der Waals surface area (Å²) in [6, 6.07) is 9.80. The van der Waals surface area contributed by atoms with Crippen LogP contribution in [0.25, 0.3) is 11.0 Å². The molecule has 142 valence electrons. The molecule has 4 nitrogen and oxygen atoms in total. The number of halogens is 3. The number of benzene rings is 1. The Labute approximate surface area is 155 Å². The lowest BCUT2D eigenvalue weighted by atomic mass is 9.91. The Morgan fingerprint density at radius 3 is 2.56 bits per heavy atom. The number of fused-ring (bicyclic) bond motifs is 1. The number of alkyl halides is 3. The van der Waals surface area contributed by atoms with Crippen LogP contribution in [0.15, 0.2) is 42.6 Å². The molecular weight excluding hydrogens is 353 g/mol. The van der Waals surface area contributed by atoms with Gasteiger partial charge in [0.1, 0.15) is 0 Å². The number of rotatable bonds is 3. The summed E-state index contributed by atoms with van der Waals surface area (Å²) in [7, 11) is 1.89.